The Bertz CT molecular complexity index is 506. The van der Waals surface area contributed by atoms with Crippen LogP contribution in [-0.2, 0) is 16.6 Å². The molecule has 1 N–H and O–H groups in total. The van der Waals surface area contributed by atoms with Gasteiger partial charge in [-0.25, -0.2) is 0 Å². The number of benzene rings is 1. The molecule has 0 aromatic heterocycles. The molecule has 1 heterocycles. The first-order chi connectivity index (χ1) is 8.81. The molecule has 2 fully saturated rings. The molecular weight excluding hydrogens is 222 g/mol. The molecule has 1 aromatic rings. The van der Waals surface area contributed by atoms with Crippen LogP contribution in [0.1, 0.15) is 36.8 Å². The van der Waals surface area contributed by atoms with Crippen molar-refractivity contribution in [3.63, 3.8) is 0 Å². The van der Waals surface area contributed by atoms with E-state index in [9.17, 15) is 4.79 Å². The molecule has 2 bridgehead atoms. The van der Waals surface area contributed by atoms with Crippen molar-refractivity contribution in [2.75, 3.05) is 6.54 Å². The summed E-state index contributed by atoms with van der Waals surface area (Å²) >= 11 is 0. The quantitative estimate of drug-likeness (QED) is 0.754. The Labute approximate surface area is 108 Å². The lowest BCUT2D eigenvalue weighted by atomic mass is 9.52. The molecule has 2 aliphatic carbocycles. The van der Waals surface area contributed by atoms with Gasteiger partial charge in [-0.2, -0.15) is 0 Å². The smallest absolute Gasteiger partial charge is 0.138 e. The van der Waals surface area contributed by atoms with Crippen molar-refractivity contribution in [3.8, 4) is 0 Å². The van der Waals surface area contributed by atoms with E-state index in [0.29, 0.717) is 11.8 Å². The van der Waals surface area contributed by atoms with E-state index < -0.39 is 0 Å². The average molecular weight is 241 g/mol. The number of hydrogen-bond donors (Lipinski definition) is 1. The molecule has 4 rings (SSSR count). The molecule has 18 heavy (non-hydrogen) atoms. The van der Waals surface area contributed by atoms with Crippen LogP contribution in [0.3, 0.4) is 0 Å². The van der Waals surface area contributed by atoms with Gasteiger partial charge in [-0.15, -0.1) is 0 Å². The Morgan fingerprint density at radius 1 is 1.22 bits per heavy atom. The number of nitrogens with one attached hydrogen (secondary N) is 1. The second-order valence-corrected chi connectivity index (χ2v) is 6.13. The molecular formula is C16H19NO. The van der Waals surface area contributed by atoms with Crippen LogP contribution in [0, 0.1) is 5.92 Å². The Balaban J connectivity index is 1.94. The SMILES string of the molecule is O=C1CCC[C@]23CCN[C@H](Cc4ccccc42)[C@H]13. The standard InChI is InChI=1S/C16H19NO/c18-14-6-3-7-16-8-9-17-13(15(14)16)10-11-4-1-2-5-12(11)16/h1-2,4-5,13,15,17H,3,6-10H2/t13-,15-,16+/m1/s1. The second-order valence-electron chi connectivity index (χ2n) is 6.13. The fourth-order valence-corrected chi connectivity index (χ4v) is 4.73. The highest BCUT2D eigenvalue weighted by molar-refractivity contribution is 5.85. The Morgan fingerprint density at radius 2 is 2.11 bits per heavy atom. The summed E-state index contributed by atoms with van der Waals surface area (Å²) in [5.74, 6) is 0.753. The Kier molecular flexibility index (Phi) is 2.19. The summed E-state index contributed by atoms with van der Waals surface area (Å²) in [4.78, 5) is 12.4. The van der Waals surface area contributed by atoms with Gasteiger partial charge in [-0.3, -0.25) is 4.79 Å². The first-order valence-electron chi connectivity index (χ1n) is 7.16. The van der Waals surface area contributed by atoms with Gasteiger partial charge < -0.3 is 5.32 Å². The van der Waals surface area contributed by atoms with Gasteiger partial charge in [0, 0.05) is 23.8 Å². The van der Waals surface area contributed by atoms with Gasteiger partial charge in [-0.05, 0) is 43.4 Å². The molecule has 0 spiro atoms. The van der Waals surface area contributed by atoms with E-state index in [1.807, 2.05) is 0 Å². The lowest BCUT2D eigenvalue weighted by Gasteiger charge is -2.54. The maximum absolute atomic E-state index is 12.4. The molecule has 3 atom stereocenters. The zero-order valence-electron chi connectivity index (χ0n) is 10.6. The molecule has 2 heteroatoms. The number of ketones is 1. The van der Waals surface area contributed by atoms with Crippen LogP contribution in [0.25, 0.3) is 0 Å². The van der Waals surface area contributed by atoms with Crippen LogP contribution in [0.4, 0.5) is 0 Å². The molecule has 1 saturated carbocycles. The van der Waals surface area contributed by atoms with Gasteiger partial charge in [0.1, 0.15) is 5.78 Å². The van der Waals surface area contributed by atoms with E-state index in [1.165, 1.54) is 17.5 Å². The predicted octanol–water partition coefficient (Wildman–Crippen LogP) is 2.21. The van der Waals surface area contributed by atoms with E-state index in [1.54, 1.807) is 0 Å². The number of rotatable bonds is 0. The van der Waals surface area contributed by atoms with E-state index in [2.05, 4.69) is 29.6 Å². The summed E-state index contributed by atoms with van der Waals surface area (Å²) in [6.07, 6.45) is 5.26. The maximum Gasteiger partial charge on any atom is 0.138 e. The molecule has 1 aromatic carbocycles. The van der Waals surface area contributed by atoms with Gasteiger partial charge >= 0.3 is 0 Å². The monoisotopic (exact) mass is 241 g/mol. The molecule has 0 amide bonds. The highest BCUT2D eigenvalue weighted by atomic mass is 16.1. The van der Waals surface area contributed by atoms with Crippen LogP contribution < -0.4 is 5.32 Å². The first kappa shape index (κ1) is 10.7. The van der Waals surface area contributed by atoms with Crippen molar-refractivity contribution in [1.29, 1.82) is 0 Å². The maximum atomic E-state index is 12.4. The summed E-state index contributed by atoms with van der Waals surface area (Å²) < 4.78 is 0. The topological polar surface area (TPSA) is 29.1 Å². The third-order valence-corrected chi connectivity index (χ3v) is 5.36. The lowest BCUT2D eigenvalue weighted by molar-refractivity contribution is -0.131. The molecule has 0 radical (unpaired) electrons. The fourth-order valence-electron chi connectivity index (χ4n) is 4.73. The predicted molar refractivity (Wildman–Crippen MR) is 70.6 cm³/mol. The molecule has 0 unspecified atom stereocenters. The third kappa shape index (κ3) is 1.24. The minimum Gasteiger partial charge on any atom is -0.313 e. The van der Waals surface area contributed by atoms with Crippen molar-refractivity contribution in [3.05, 3.63) is 35.4 Å². The number of hydrogen-bond acceptors (Lipinski definition) is 2. The van der Waals surface area contributed by atoms with Gasteiger partial charge in [0.15, 0.2) is 0 Å². The van der Waals surface area contributed by atoms with Crippen molar-refractivity contribution in [1.82, 2.24) is 5.32 Å². The molecule has 1 saturated heterocycles. The van der Waals surface area contributed by atoms with Crippen LogP contribution in [0.15, 0.2) is 24.3 Å². The molecule has 94 valence electrons. The van der Waals surface area contributed by atoms with E-state index in [0.717, 1.165) is 32.2 Å². The summed E-state index contributed by atoms with van der Waals surface area (Å²) in [5.41, 5.74) is 3.13. The normalized spacial score (nSPS) is 37.9. The van der Waals surface area contributed by atoms with Crippen molar-refractivity contribution < 1.29 is 4.79 Å². The lowest BCUT2D eigenvalue weighted by Crippen LogP contribution is -2.62. The van der Waals surface area contributed by atoms with Gasteiger partial charge in [-0.1, -0.05) is 24.3 Å². The van der Waals surface area contributed by atoms with Crippen molar-refractivity contribution in [2.24, 2.45) is 5.92 Å². The number of carbonyl (C=O) groups excluding carboxylic acids is 1. The summed E-state index contributed by atoms with van der Waals surface area (Å²) in [6, 6.07) is 9.21. The molecule has 1 aliphatic heterocycles. The van der Waals surface area contributed by atoms with E-state index in [-0.39, 0.29) is 11.3 Å². The highest BCUT2D eigenvalue weighted by Crippen LogP contribution is 2.52. The Morgan fingerprint density at radius 3 is 3.06 bits per heavy atom. The summed E-state index contributed by atoms with van der Waals surface area (Å²) in [7, 11) is 0. The number of piperidine rings is 1. The minimum absolute atomic E-state index is 0.167. The second kappa shape index (κ2) is 3.67. The summed E-state index contributed by atoms with van der Waals surface area (Å²) in [6.45, 7) is 1.07. The number of carbonyl (C=O) groups is 1. The fraction of sp³-hybridized carbons (Fsp3) is 0.562. The zero-order valence-corrected chi connectivity index (χ0v) is 10.6. The van der Waals surface area contributed by atoms with Crippen LogP contribution in [0.2, 0.25) is 0 Å². The Hall–Kier alpha value is -1.15. The average Bonchev–Trinajstić information content (AvgIpc) is 2.39. The number of Topliss-reactive ketones (excluding diaryl/α,β-unsaturated/α-hetero) is 1. The zero-order chi connectivity index (χ0) is 12.2. The highest BCUT2D eigenvalue weighted by Gasteiger charge is 2.54. The van der Waals surface area contributed by atoms with E-state index in [4.69, 9.17) is 0 Å². The van der Waals surface area contributed by atoms with Gasteiger partial charge in [0.05, 0.1) is 0 Å². The molecule has 3 aliphatic rings. The number of fused-ring (bicyclic) bond motifs is 1. The van der Waals surface area contributed by atoms with Gasteiger partial charge in [0.2, 0.25) is 0 Å². The van der Waals surface area contributed by atoms with Gasteiger partial charge in [0.25, 0.3) is 0 Å². The van der Waals surface area contributed by atoms with Crippen molar-refractivity contribution in [2.45, 2.75) is 43.6 Å². The first-order valence-corrected chi connectivity index (χ1v) is 7.16. The van der Waals surface area contributed by atoms with Crippen molar-refractivity contribution >= 4 is 5.78 Å². The summed E-state index contributed by atoms with van der Waals surface area (Å²) in [5, 5.41) is 3.59. The largest absolute Gasteiger partial charge is 0.313 e. The van der Waals surface area contributed by atoms with E-state index >= 15 is 0 Å². The molecule has 2 nitrogen and oxygen atoms in total. The third-order valence-electron chi connectivity index (χ3n) is 5.36. The van der Waals surface area contributed by atoms with Crippen LogP contribution in [0.5, 0.6) is 0 Å². The van der Waals surface area contributed by atoms with Crippen LogP contribution in [-0.4, -0.2) is 18.4 Å². The van der Waals surface area contributed by atoms with Crippen LogP contribution >= 0.6 is 0 Å². The minimum atomic E-state index is 0.167.